The number of amides is 1. The van der Waals surface area contributed by atoms with Crippen LogP contribution in [-0.2, 0) is 13.2 Å². The lowest BCUT2D eigenvalue weighted by Gasteiger charge is -2.38. The van der Waals surface area contributed by atoms with E-state index in [4.69, 9.17) is 11.6 Å². The number of rotatable bonds is 5. The van der Waals surface area contributed by atoms with Crippen molar-refractivity contribution in [1.29, 1.82) is 0 Å². The van der Waals surface area contributed by atoms with E-state index in [2.05, 4.69) is 15.3 Å². The fourth-order valence-corrected chi connectivity index (χ4v) is 4.87. The number of carbonyl (C=O) groups excluding carboxylic acids is 1. The summed E-state index contributed by atoms with van der Waals surface area (Å²) in [5, 5.41) is 6.64. The van der Waals surface area contributed by atoms with E-state index in [1.807, 2.05) is 44.6 Å². The first-order chi connectivity index (χ1) is 16.1. The van der Waals surface area contributed by atoms with Crippen LogP contribution >= 0.6 is 11.6 Å². The molecule has 4 rings (SSSR count). The van der Waals surface area contributed by atoms with Gasteiger partial charge < -0.3 is 10.2 Å². The minimum absolute atomic E-state index is 0.00794. The van der Waals surface area contributed by atoms with Crippen LogP contribution in [0, 0.1) is 0 Å². The summed E-state index contributed by atoms with van der Waals surface area (Å²) in [6.45, 7) is 0.879. The number of aromatic nitrogens is 2. The van der Waals surface area contributed by atoms with Crippen LogP contribution in [0.25, 0.3) is 11.1 Å². The third kappa shape index (κ3) is 5.13. The summed E-state index contributed by atoms with van der Waals surface area (Å²) in [5.74, 6) is -0.633. The molecule has 0 saturated carbocycles. The molecule has 0 aliphatic carbocycles. The van der Waals surface area contributed by atoms with E-state index in [0.29, 0.717) is 0 Å². The second-order valence-electron chi connectivity index (χ2n) is 8.69. The van der Waals surface area contributed by atoms with Gasteiger partial charge in [-0.2, -0.15) is 18.3 Å². The summed E-state index contributed by atoms with van der Waals surface area (Å²) < 4.78 is 41.7. The maximum absolute atomic E-state index is 13.3. The Morgan fingerprint density at radius 1 is 1.15 bits per heavy atom. The molecule has 9 heteroatoms. The molecule has 0 spiro atoms. The molecular weight excluding hydrogens is 465 g/mol. The Balaban J connectivity index is 1.70. The highest BCUT2D eigenvalue weighted by molar-refractivity contribution is 6.34. The number of aryl methyl sites for hydroxylation is 1. The van der Waals surface area contributed by atoms with E-state index < -0.39 is 28.7 Å². The van der Waals surface area contributed by atoms with Gasteiger partial charge in [0.15, 0.2) is 0 Å². The van der Waals surface area contributed by atoms with Crippen molar-refractivity contribution < 1.29 is 18.0 Å². The van der Waals surface area contributed by atoms with Gasteiger partial charge in [0.2, 0.25) is 0 Å². The third-order valence-electron chi connectivity index (χ3n) is 6.33. The molecule has 180 valence electrons. The Hall–Kier alpha value is -2.84. The zero-order chi connectivity index (χ0) is 24.5. The Labute approximate surface area is 201 Å². The molecule has 1 aliphatic rings. The standard InChI is InChI=1S/C25H26ClF3N4O/c1-32-12-4-3-11-21(32)23(17-8-5-7-16(13-17)18-14-30-33(2)15-18)31-24(34)19-9-6-10-20(22(19)26)25(27,28)29/h5-10,13-15,21,23H,3-4,11-12H2,1-2H3,(H,31,34)/t21-,23?/m0/s1. The van der Waals surface area contributed by atoms with Crippen molar-refractivity contribution in [3.63, 3.8) is 0 Å². The highest BCUT2D eigenvalue weighted by Crippen LogP contribution is 2.37. The topological polar surface area (TPSA) is 50.2 Å². The number of halogens is 4. The molecule has 2 atom stereocenters. The number of hydrogen-bond donors (Lipinski definition) is 1. The summed E-state index contributed by atoms with van der Waals surface area (Å²) in [6.07, 6.45) is 1.95. The minimum Gasteiger partial charge on any atom is -0.344 e. The van der Waals surface area contributed by atoms with Gasteiger partial charge in [0.1, 0.15) is 0 Å². The number of piperidine rings is 1. The third-order valence-corrected chi connectivity index (χ3v) is 6.74. The number of benzene rings is 2. The van der Waals surface area contributed by atoms with Crippen molar-refractivity contribution in [1.82, 2.24) is 20.0 Å². The molecule has 5 nitrogen and oxygen atoms in total. The summed E-state index contributed by atoms with van der Waals surface area (Å²) in [5.41, 5.74) is 1.54. The lowest BCUT2D eigenvalue weighted by Crippen LogP contribution is -2.47. The Kier molecular flexibility index (Phi) is 7.00. The Morgan fingerprint density at radius 3 is 2.59 bits per heavy atom. The monoisotopic (exact) mass is 490 g/mol. The van der Waals surface area contributed by atoms with Gasteiger partial charge in [-0.1, -0.05) is 42.3 Å². The number of likely N-dealkylation sites (N-methyl/N-ethyl adjacent to an activating group) is 1. The minimum atomic E-state index is -4.64. The smallest absolute Gasteiger partial charge is 0.344 e. The fourth-order valence-electron chi connectivity index (χ4n) is 4.55. The second kappa shape index (κ2) is 9.80. The van der Waals surface area contributed by atoms with Crippen molar-refractivity contribution in [2.24, 2.45) is 7.05 Å². The SMILES string of the molecule is CN1CCCC[C@H]1C(NC(=O)c1cccc(C(F)(F)F)c1Cl)c1cccc(-c2cnn(C)c2)c1. The van der Waals surface area contributed by atoms with Crippen molar-refractivity contribution in [2.45, 2.75) is 37.5 Å². The Bertz CT molecular complexity index is 1180. The van der Waals surface area contributed by atoms with Crippen LogP contribution in [-0.4, -0.2) is 40.2 Å². The van der Waals surface area contributed by atoms with Crippen LogP contribution in [0.2, 0.25) is 5.02 Å². The summed E-state index contributed by atoms with van der Waals surface area (Å²) in [7, 11) is 3.84. The summed E-state index contributed by atoms with van der Waals surface area (Å²) in [4.78, 5) is 15.4. The van der Waals surface area contributed by atoms with Crippen LogP contribution < -0.4 is 5.32 Å². The molecule has 1 fully saturated rings. The normalized spacial score (nSPS) is 18.0. The molecule has 1 N–H and O–H groups in total. The van der Waals surface area contributed by atoms with E-state index >= 15 is 0 Å². The number of alkyl halides is 3. The van der Waals surface area contributed by atoms with Crippen molar-refractivity contribution in [2.75, 3.05) is 13.6 Å². The van der Waals surface area contributed by atoms with Gasteiger partial charge in [-0.3, -0.25) is 9.48 Å². The highest BCUT2D eigenvalue weighted by Gasteiger charge is 2.36. The van der Waals surface area contributed by atoms with Crippen LogP contribution in [0.3, 0.4) is 0 Å². The molecular formula is C25H26ClF3N4O. The van der Waals surface area contributed by atoms with E-state index in [0.717, 1.165) is 48.6 Å². The van der Waals surface area contributed by atoms with Crippen LogP contribution in [0.4, 0.5) is 13.2 Å². The first-order valence-electron chi connectivity index (χ1n) is 11.1. The average molecular weight is 491 g/mol. The van der Waals surface area contributed by atoms with Crippen molar-refractivity contribution >= 4 is 17.5 Å². The van der Waals surface area contributed by atoms with Gasteiger partial charge in [0.25, 0.3) is 5.91 Å². The molecule has 0 bridgehead atoms. The van der Waals surface area contributed by atoms with E-state index in [9.17, 15) is 18.0 Å². The summed E-state index contributed by atoms with van der Waals surface area (Å²) in [6, 6.07) is 10.8. The van der Waals surface area contributed by atoms with E-state index in [1.165, 1.54) is 12.1 Å². The molecule has 1 unspecified atom stereocenters. The maximum Gasteiger partial charge on any atom is 0.417 e. The molecule has 34 heavy (non-hydrogen) atoms. The molecule has 1 aromatic heterocycles. The number of likely N-dealkylation sites (tertiary alicyclic amines) is 1. The van der Waals surface area contributed by atoms with Crippen molar-refractivity contribution in [3.05, 3.63) is 76.6 Å². The van der Waals surface area contributed by atoms with Crippen LogP contribution in [0.5, 0.6) is 0 Å². The largest absolute Gasteiger partial charge is 0.417 e. The molecule has 3 aromatic rings. The Morgan fingerprint density at radius 2 is 1.91 bits per heavy atom. The van der Waals surface area contributed by atoms with Crippen LogP contribution in [0.1, 0.15) is 46.8 Å². The first kappa shape index (κ1) is 24.3. The molecule has 2 aromatic carbocycles. The molecule has 0 radical (unpaired) electrons. The van der Waals surface area contributed by atoms with Gasteiger partial charge >= 0.3 is 6.18 Å². The van der Waals surface area contributed by atoms with Gasteiger partial charge in [-0.05, 0) is 55.8 Å². The second-order valence-corrected chi connectivity index (χ2v) is 9.07. The first-order valence-corrected chi connectivity index (χ1v) is 11.5. The number of hydrogen-bond acceptors (Lipinski definition) is 3. The van der Waals surface area contributed by atoms with Crippen molar-refractivity contribution in [3.8, 4) is 11.1 Å². The van der Waals surface area contributed by atoms with Gasteiger partial charge in [0, 0.05) is 24.8 Å². The van der Waals surface area contributed by atoms with Crippen LogP contribution in [0.15, 0.2) is 54.9 Å². The lowest BCUT2D eigenvalue weighted by atomic mass is 9.89. The predicted molar refractivity (Wildman–Crippen MR) is 126 cm³/mol. The van der Waals surface area contributed by atoms with Gasteiger partial charge in [-0.25, -0.2) is 0 Å². The number of nitrogens with zero attached hydrogens (tertiary/aromatic N) is 3. The predicted octanol–water partition coefficient (Wildman–Crippen LogP) is 5.71. The number of nitrogens with one attached hydrogen (secondary N) is 1. The average Bonchev–Trinajstić information content (AvgIpc) is 3.24. The van der Waals surface area contributed by atoms with E-state index in [-0.39, 0.29) is 11.6 Å². The highest BCUT2D eigenvalue weighted by atomic mass is 35.5. The zero-order valence-electron chi connectivity index (χ0n) is 18.9. The fraction of sp³-hybridized carbons (Fsp3) is 0.360. The number of carbonyl (C=O) groups is 1. The maximum atomic E-state index is 13.3. The summed E-state index contributed by atoms with van der Waals surface area (Å²) >= 11 is 6.04. The van der Waals surface area contributed by atoms with E-state index in [1.54, 1.807) is 10.9 Å². The molecule has 1 amide bonds. The van der Waals surface area contributed by atoms with Gasteiger partial charge in [0.05, 0.1) is 28.4 Å². The molecule has 2 heterocycles. The van der Waals surface area contributed by atoms with Gasteiger partial charge in [-0.15, -0.1) is 0 Å². The molecule has 1 aliphatic heterocycles. The molecule has 1 saturated heterocycles. The quantitative estimate of drug-likeness (QED) is 0.498. The zero-order valence-corrected chi connectivity index (χ0v) is 19.7. The lowest BCUT2D eigenvalue weighted by molar-refractivity contribution is -0.137.